The van der Waals surface area contributed by atoms with E-state index in [9.17, 15) is 0 Å². The Morgan fingerprint density at radius 1 is 1.35 bits per heavy atom. The average molecular weight is 289 g/mol. The van der Waals surface area contributed by atoms with Crippen LogP contribution in [0.4, 0.5) is 5.82 Å². The van der Waals surface area contributed by atoms with Gasteiger partial charge in [0, 0.05) is 24.2 Å². The molecule has 0 radical (unpaired) electrons. The molecule has 2 heterocycles. The van der Waals surface area contributed by atoms with Crippen LogP contribution >= 0.6 is 11.3 Å². The van der Waals surface area contributed by atoms with Gasteiger partial charge in [-0.1, -0.05) is 19.4 Å². The van der Waals surface area contributed by atoms with Crippen LogP contribution in [0.25, 0.3) is 0 Å². The molecule has 108 valence electrons. The summed E-state index contributed by atoms with van der Waals surface area (Å²) in [5.41, 5.74) is 2.49. The van der Waals surface area contributed by atoms with Gasteiger partial charge in [-0.3, -0.25) is 0 Å². The lowest BCUT2D eigenvalue weighted by Gasteiger charge is -2.19. The Kier molecular flexibility index (Phi) is 5.56. The molecular weight excluding hydrogens is 266 g/mol. The summed E-state index contributed by atoms with van der Waals surface area (Å²) in [6, 6.07) is 8.67. The summed E-state index contributed by atoms with van der Waals surface area (Å²) >= 11 is 1.79. The minimum Gasteiger partial charge on any atom is -0.355 e. The molecule has 0 atom stereocenters. The zero-order chi connectivity index (χ0) is 14.4. The molecule has 20 heavy (non-hydrogen) atoms. The standard InChI is InChI=1S/C16H23N3S/c1-4-6-14-9-13(11-17-2)10-16(18-14)19(3)12-15-7-5-8-20-15/h5,7-10,17H,4,6,11-12H2,1-3H3. The van der Waals surface area contributed by atoms with E-state index in [1.54, 1.807) is 11.3 Å². The van der Waals surface area contributed by atoms with Crippen molar-refractivity contribution in [3.8, 4) is 0 Å². The van der Waals surface area contributed by atoms with E-state index in [2.05, 4.69) is 53.8 Å². The highest BCUT2D eigenvalue weighted by molar-refractivity contribution is 7.09. The lowest BCUT2D eigenvalue weighted by atomic mass is 10.1. The SMILES string of the molecule is CCCc1cc(CNC)cc(N(C)Cc2cccs2)n1. The predicted octanol–water partition coefficient (Wildman–Crippen LogP) is 3.45. The molecule has 3 nitrogen and oxygen atoms in total. The molecule has 0 aliphatic heterocycles. The van der Waals surface area contributed by atoms with E-state index in [4.69, 9.17) is 4.98 Å². The number of nitrogens with zero attached hydrogens (tertiary/aromatic N) is 2. The van der Waals surface area contributed by atoms with Crippen molar-refractivity contribution in [1.29, 1.82) is 0 Å². The lowest BCUT2D eigenvalue weighted by molar-refractivity contribution is 0.798. The van der Waals surface area contributed by atoms with Crippen molar-refractivity contribution >= 4 is 17.2 Å². The molecule has 4 heteroatoms. The van der Waals surface area contributed by atoms with E-state index in [0.717, 1.165) is 31.7 Å². The maximum Gasteiger partial charge on any atom is 0.129 e. The zero-order valence-corrected chi connectivity index (χ0v) is 13.3. The highest BCUT2D eigenvalue weighted by atomic mass is 32.1. The molecule has 2 rings (SSSR count). The van der Waals surface area contributed by atoms with Crippen LogP contribution in [0.1, 0.15) is 29.5 Å². The van der Waals surface area contributed by atoms with E-state index in [-0.39, 0.29) is 0 Å². The van der Waals surface area contributed by atoms with E-state index >= 15 is 0 Å². The molecule has 0 saturated carbocycles. The number of aromatic nitrogens is 1. The van der Waals surface area contributed by atoms with Crippen LogP contribution in [0.3, 0.4) is 0 Å². The molecule has 2 aromatic rings. The Morgan fingerprint density at radius 3 is 2.85 bits per heavy atom. The highest BCUT2D eigenvalue weighted by Gasteiger charge is 2.08. The number of thiophene rings is 1. The fourth-order valence-electron chi connectivity index (χ4n) is 2.24. The summed E-state index contributed by atoms with van der Waals surface area (Å²) in [7, 11) is 4.09. The fourth-order valence-corrected chi connectivity index (χ4v) is 2.99. The van der Waals surface area contributed by atoms with Gasteiger partial charge in [-0.15, -0.1) is 11.3 Å². The quantitative estimate of drug-likeness (QED) is 0.846. The topological polar surface area (TPSA) is 28.2 Å². The van der Waals surface area contributed by atoms with Crippen molar-refractivity contribution in [3.63, 3.8) is 0 Å². The largest absolute Gasteiger partial charge is 0.355 e. The number of nitrogens with one attached hydrogen (secondary N) is 1. The van der Waals surface area contributed by atoms with Gasteiger partial charge in [-0.2, -0.15) is 0 Å². The normalized spacial score (nSPS) is 10.8. The van der Waals surface area contributed by atoms with Crippen LogP contribution in [0.5, 0.6) is 0 Å². The molecule has 0 saturated heterocycles. The van der Waals surface area contributed by atoms with Crippen LogP contribution in [0.2, 0.25) is 0 Å². The van der Waals surface area contributed by atoms with Gasteiger partial charge in [0.05, 0.1) is 6.54 Å². The van der Waals surface area contributed by atoms with Gasteiger partial charge in [-0.05, 0) is 42.6 Å². The predicted molar refractivity (Wildman–Crippen MR) is 87.4 cm³/mol. The van der Waals surface area contributed by atoms with E-state index in [1.165, 1.54) is 16.1 Å². The molecule has 1 N–H and O–H groups in total. The molecule has 0 bridgehead atoms. The van der Waals surface area contributed by atoms with Crippen LogP contribution in [-0.2, 0) is 19.5 Å². The fraction of sp³-hybridized carbons (Fsp3) is 0.438. The Balaban J connectivity index is 2.19. The van der Waals surface area contributed by atoms with Crippen molar-refractivity contribution in [2.24, 2.45) is 0 Å². The number of aryl methyl sites for hydroxylation is 1. The Morgan fingerprint density at radius 2 is 2.20 bits per heavy atom. The molecule has 0 amide bonds. The summed E-state index contributed by atoms with van der Waals surface area (Å²) in [6.45, 7) is 4.00. The second-order valence-corrected chi connectivity index (χ2v) is 6.07. The van der Waals surface area contributed by atoms with Gasteiger partial charge in [0.1, 0.15) is 5.82 Å². The summed E-state index contributed by atoms with van der Waals surface area (Å²) in [4.78, 5) is 8.38. The van der Waals surface area contributed by atoms with Gasteiger partial charge in [0.25, 0.3) is 0 Å². The minimum absolute atomic E-state index is 0.888. The van der Waals surface area contributed by atoms with Crippen molar-refractivity contribution in [1.82, 2.24) is 10.3 Å². The van der Waals surface area contributed by atoms with Gasteiger partial charge >= 0.3 is 0 Å². The smallest absolute Gasteiger partial charge is 0.129 e. The van der Waals surface area contributed by atoms with E-state index < -0.39 is 0 Å². The third kappa shape index (κ3) is 4.05. The van der Waals surface area contributed by atoms with Crippen molar-refractivity contribution in [2.45, 2.75) is 32.9 Å². The van der Waals surface area contributed by atoms with Crippen molar-refractivity contribution in [3.05, 3.63) is 45.8 Å². The molecule has 0 aliphatic rings. The van der Waals surface area contributed by atoms with Crippen molar-refractivity contribution < 1.29 is 0 Å². The van der Waals surface area contributed by atoms with Crippen LogP contribution in [0, 0.1) is 0 Å². The Bertz CT molecular complexity index is 498. The molecule has 0 spiro atoms. The minimum atomic E-state index is 0.888. The number of anilines is 1. The number of rotatable bonds is 7. The summed E-state index contributed by atoms with van der Waals surface area (Å²) in [5.74, 6) is 1.06. The second kappa shape index (κ2) is 7.41. The van der Waals surface area contributed by atoms with Gasteiger partial charge < -0.3 is 10.2 Å². The van der Waals surface area contributed by atoms with Gasteiger partial charge in [0.15, 0.2) is 0 Å². The molecule has 0 unspecified atom stereocenters. The molecule has 0 fully saturated rings. The highest BCUT2D eigenvalue weighted by Crippen LogP contribution is 2.19. The van der Waals surface area contributed by atoms with Crippen LogP contribution in [0.15, 0.2) is 29.6 Å². The number of hydrogen-bond acceptors (Lipinski definition) is 4. The lowest BCUT2D eigenvalue weighted by Crippen LogP contribution is -2.18. The Labute approximate surface area is 125 Å². The second-order valence-electron chi connectivity index (χ2n) is 5.04. The maximum absolute atomic E-state index is 4.79. The molecular formula is C16H23N3S. The maximum atomic E-state index is 4.79. The van der Waals surface area contributed by atoms with Gasteiger partial charge in [0.2, 0.25) is 0 Å². The molecule has 2 aromatic heterocycles. The van der Waals surface area contributed by atoms with Crippen LogP contribution in [-0.4, -0.2) is 19.1 Å². The first-order valence-corrected chi connectivity index (χ1v) is 7.99. The molecule has 0 aromatic carbocycles. The Hall–Kier alpha value is -1.39. The van der Waals surface area contributed by atoms with E-state index in [1.807, 2.05) is 7.05 Å². The third-order valence-electron chi connectivity index (χ3n) is 3.18. The first-order valence-electron chi connectivity index (χ1n) is 7.11. The number of hydrogen-bond donors (Lipinski definition) is 1. The first kappa shape index (κ1) is 15.0. The average Bonchev–Trinajstić information content (AvgIpc) is 2.92. The zero-order valence-electron chi connectivity index (χ0n) is 12.5. The van der Waals surface area contributed by atoms with Crippen molar-refractivity contribution in [2.75, 3.05) is 19.0 Å². The summed E-state index contributed by atoms with van der Waals surface area (Å²) in [6.07, 6.45) is 2.17. The van der Waals surface area contributed by atoms with Gasteiger partial charge in [-0.25, -0.2) is 4.98 Å². The third-order valence-corrected chi connectivity index (χ3v) is 4.04. The first-order chi connectivity index (χ1) is 9.72. The van der Waals surface area contributed by atoms with E-state index in [0.29, 0.717) is 0 Å². The van der Waals surface area contributed by atoms with Crippen LogP contribution < -0.4 is 10.2 Å². The monoisotopic (exact) mass is 289 g/mol. The summed E-state index contributed by atoms with van der Waals surface area (Å²) < 4.78 is 0. The number of pyridine rings is 1. The molecule has 0 aliphatic carbocycles. The summed E-state index contributed by atoms with van der Waals surface area (Å²) in [5, 5.41) is 5.34.